The molecule has 0 atom stereocenters. The van der Waals surface area contributed by atoms with Gasteiger partial charge in [-0.1, -0.05) is 38.2 Å². The molecular weight excluding hydrogens is 514 g/mol. The van der Waals surface area contributed by atoms with E-state index in [9.17, 15) is 0 Å². The van der Waals surface area contributed by atoms with E-state index >= 15 is 0 Å². The molecule has 10 heteroatoms. The van der Waals surface area contributed by atoms with Crippen molar-refractivity contribution in [2.45, 2.75) is 56.7 Å². The number of hydrogen-bond acceptors (Lipinski definition) is 6. The highest BCUT2D eigenvalue weighted by Crippen LogP contribution is 2.19. The summed E-state index contributed by atoms with van der Waals surface area (Å²) in [5, 5.41) is 39.0. The normalized spacial score (nSPS) is 7.11. The molecule has 0 amide bonds. The van der Waals surface area contributed by atoms with Crippen molar-refractivity contribution in [2.24, 2.45) is 0 Å². The van der Waals surface area contributed by atoms with Crippen LogP contribution < -0.4 is 0 Å². The highest BCUT2D eigenvalue weighted by atomic mass is 79.9. The van der Waals surface area contributed by atoms with Crippen LogP contribution in [0.15, 0.2) is 26.0 Å². The van der Waals surface area contributed by atoms with Crippen molar-refractivity contribution < 1.29 is 20.1 Å². The van der Waals surface area contributed by atoms with E-state index in [1.807, 2.05) is 5.83 Å². The zero-order chi connectivity index (χ0) is 19.7. The quantitative estimate of drug-likeness (QED) is 0.229. The van der Waals surface area contributed by atoms with Gasteiger partial charge in [0, 0.05) is 9.85 Å². The van der Waals surface area contributed by atoms with Crippen LogP contribution in [0.1, 0.15) is 39.0 Å². The molecule has 0 fully saturated rings. The summed E-state index contributed by atoms with van der Waals surface area (Å²) in [5.74, 6) is 1.81. The van der Waals surface area contributed by atoms with Crippen LogP contribution in [-0.4, -0.2) is 40.2 Å². The molecule has 0 unspecified atom stereocenters. The third kappa shape index (κ3) is 37.7. The van der Waals surface area contributed by atoms with E-state index < -0.39 is 14.2 Å². The SMILES string of the molecule is C.C.C.CB(O)O.CB(O)O.CBr.Cc1cscc1Br.Cc1cscc1C. The first-order chi connectivity index (χ1) is 11.1. The maximum Gasteiger partial charge on any atom is 0.448 e. The topological polar surface area (TPSA) is 80.9 Å². The first-order valence-electron chi connectivity index (χ1n) is 6.85. The molecule has 0 bridgehead atoms. The van der Waals surface area contributed by atoms with Gasteiger partial charge in [0.1, 0.15) is 0 Å². The molecule has 162 valence electrons. The largest absolute Gasteiger partial charge is 0.448 e. The fraction of sp³-hybridized carbons (Fsp3) is 0.529. The predicted molar refractivity (Wildman–Crippen MR) is 138 cm³/mol. The van der Waals surface area contributed by atoms with Crippen molar-refractivity contribution in [3.8, 4) is 0 Å². The number of rotatable bonds is 0. The van der Waals surface area contributed by atoms with Gasteiger partial charge in [-0.2, -0.15) is 22.7 Å². The van der Waals surface area contributed by atoms with Crippen molar-refractivity contribution in [2.75, 3.05) is 5.83 Å². The van der Waals surface area contributed by atoms with Crippen LogP contribution in [0, 0.1) is 20.8 Å². The van der Waals surface area contributed by atoms with E-state index in [0.29, 0.717) is 0 Å². The monoisotopic (exact) mass is 550 g/mol. The fourth-order valence-electron chi connectivity index (χ4n) is 0.769. The number of hydrogen-bond donors (Lipinski definition) is 4. The van der Waals surface area contributed by atoms with E-state index in [4.69, 9.17) is 20.1 Å². The highest BCUT2D eigenvalue weighted by Gasteiger charge is 1.89. The van der Waals surface area contributed by atoms with E-state index in [1.54, 1.807) is 22.7 Å². The lowest BCUT2D eigenvalue weighted by molar-refractivity contribution is 0.415. The average molecular weight is 552 g/mol. The van der Waals surface area contributed by atoms with Gasteiger partial charge in [0.25, 0.3) is 0 Å². The van der Waals surface area contributed by atoms with Gasteiger partial charge >= 0.3 is 14.2 Å². The Balaban J connectivity index is -0.0000000525. The van der Waals surface area contributed by atoms with Gasteiger partial charge < -0.3 is 20.1 Å². The van der Waals surface area contributed by atoms with E-state index in [2.05, 4.69) is 74.2 Å². The Hall–Kier alpha value is 0.330. The summed E-state index contributed by atoms with van der Waals surface area (Å²) in [6, 6.07) is 0. The van der Waals surface area contributed by atoms with Gasteiger partial charge in [0.15, 0.2) is 0 Å². The number of halogens is 2. The minimum Gasteiger partial charge on any atom is -0.427 e. The molecule has 2 aromatic rings. The summed E-state index contributed by atoms with van der Waals surface area (Å²) in [7, 11) is -2.33. The molecule has 0 aliphatic carbocycles. The second-order valence-corrected chi connectivity index (χ2v) is 6.75. The number of thiophene rings is 2. The Morgan fingerprint density at radius 3 is 0.963 bits per heavy atom. The summed E-state index contributed by atoms with van der Waals surface area (Å²) >= 11 is 9.80. The zero-order valence-corrected chi connectivity index (χ0v) is 19.6. The van der Waals surface area contributed by atoms with Crippen LogP contribution in [0.5, 0.6) is 0 Å². The van der Waals surface area contributed by atoms with Gasteiger partial charge in [-0.15, -0.1) is 0 Å². The lowest BCUT2D eigenvalue weighted by atomic mass is 9.99. The molecule has 0 saturated heterocycles. The summed E-state index contributed by atoms with van der Waals surface area (Å²) < 4.78 is 1.22. The Morgan fingerprint density at radius 1 is 0.667 bits per heavy atom. The second-order valence-electron chi connectivity index (χ2n) is 4.40. The minimum absolute atomic E-state index is 0. The van der Waals surface area contributed by atoms with E-state index in [1.165, 1.54) is 34.8 Å². The van der Waals surface area contributed by atoms with Crippen LogP contribution in [-0.2, 0) is 0 Å². The van der Waals surface area contributed by atoms with Crippen molar-refractivity contribution in [3.63, 3.8) is 0 Å². The first-order valence-corrected chi connectivity index (χ1v) is 11.1. The smallest absolute Gasteiger partial charge is 0.427 e. The van der Waals surface area contributed by atoms with Crippen molar-refractivity contribution >= 4 is 68.8 Å². The Labute approximate surface area is 193 Å². The maximum absolute atomic E-state index is 7.61. The first kappa shape index (κ1) is 41.6. The average Bonchev–Trinajstić information content (AvgIpc) is 3.01. The summed E-state index contributed by atoms with van der Waals surface area (Å²) in [6.07, 6.45) is 0. The van der Waals surface area contributed by atoms with E-state index in [-0.39, 0.29) is 22.3 Å². The minimum atomic E-state index is -1.17. The Kier molecular flexibility index (Phi) is 44.0. The molecule has 27 heavy (non-hydrogen) atoms. The van der Waals surface area contributed by atoms with Gasteiger partial charge in [0.05, 0.1) is 0 Å². The summed E-state index contributed by atoms with van der Waals surface area (Å²) in [6.45, 7) is 8.90. The second kappa shape index (κ2) is 28.5. The standard InChI is InChI=1S/C6H8S.C5H5BrS.2CH5BO2.CH3Br.3CH4/c1-5-3-7-4-6(5)2;1-4-2-7-3-5(4)6;2*1-2(3)4;1-2;;;/h3-4H,1-2H3;2-3H,1H3;2*3-4H,1H3;1H3;3*1H4. The number of aryl methyl sites for hydroxylation is 3. The molecule has 2 heterocycles. The zero-order valence-electron chi connectivity index (χ0n) is 14.8. The van der Waals surface area contributed by atoms with Crippen molar-refractivity contribution in [1.82, 2.24) is 0 Å². The van der Waals surface area contributed by atoms with Crippen LogP contribution in [0.4, 0.5) is 0 Å². The van der Waals surface area contributed by atoms with Gasteiger partial charge in [0.2, 0.25) is 0 Å². The van der Waals surface area contributed by atoms with Crippen LogP contribution >= 0.6 is 54.5 Å². The van der Waals surface area contributed by atoms with Crippen LogP contribution in [0.25, 0.3) is 0 Å². The molecule has 0 aromatic carbocycles. The Bertz CT molecular complexity index is 414. The molecule has 2 aromatic heterocycles. The fourth-order valence-corrected chi connectivity index (χ4v) is 2.91. The summed E-state index contributed by atoms with van der Waals surface area (Å²) in [4.78, 5) is 0. The van der Waals surface area contributed by atoms with E-state index in [0.717, 1.165) is 0 Å². The lowest BCUT2D eigenvalue weighted by Crippen LogP contribution is -2.00. The van der Waals surface area contributed by atoms with Gasteiger partial charge in [-0.3, -0.25) is 0 Å². The van der Waals surface area contributed by atoms with Crippen LogP contribution in [0.3, 0.4) is 0 Å². The van der Waals surface area contributed by atoms with Crippen molar-refractivity contribution in [1.29, 1.82) is 0 Å². The predicted octanol–water partition coefficient (Wildman–Crippen LogP) is 6.28. The molecule has 4 N–H and O–H groups in total. The third-order valence-corrected chi connectivity index (χ3v) is 4.90. The highest BCUT2D eigenvalue weighted by molar-refractivity contribution is 9.10. The lowest BCUT2D eigenvalue weighted by Gasteiger charge is -1.79. The Morgan fingerprint density at radius 2 is 0.889 bits per heavy atom. The molecule has 2 rings (SSSR count). The third-order valence-electron chi connectivity index (χ3n) is 1.90. The van der Waals surface area contributed by atoms with Gasteiger partial charge in [-0.05, 0) is 89.0 Å². The molecule has 0 radical (unpaired) electrons. The van der Waals surface area contributed by atoms with Gasteiger partial charge in [-0.25, -0.2) is 0 Å². The molecule has 0 aliphatic rings. The molecular formula is C17H38B2Br2O4S2. The molecule has 0 aliphatic heterocycles. The maximum atomic E-state index is 7.61. The summed E-state index contributed by atoms with van der Waals surface area (Å²) in [5.41, 5.74) is 4.14. The van der Waals surface area contributed by atoms with Crippen molar-refractivity contribution in [3.05, 3.63) is 42.7 Å². The molecule has 0 saturated carbocycles. The molecule has 0 spiro atoms. The molecule has 4 nitrogen and oxygen atoms in total. The van der Waals surface area contributed by atoms with Crippen LogP contribution in [0.2, 0.25) is 13.6 Å². The number of alkyl halides is 1.